The minimum atomic E-state index is -0.517. The molecule has 1 atom stereocenters. The highest BCUT2D eigenvalue weighted by Crippen LogP contribution is 2.18. The molecule has 6 heteroatoms. The summed E-state index contributed by atoms with van der Waals surface area (Å²) in [6, 6.07) is 14.9. The van der Waals surface area contributed by atoms with E-state index < -0.39 is 6.04 Å². The van der Waals surface area contributed by atoms with Crippen molar-refractivity contribution < 1.29 is 19.1 Å². The summed E-state index contributed by atoms with van der Waals surface area (Å²) in [5.41, 5.74) is 2.10. The summed E-state index contributed by atoms with van der Waals surface area (Å²) in [6.07, 6.45) is 1.43. The SMILES string of the molecule is CCNC(=O)C(CC)N(Cc1cccc(OC)c1)C(=O)CCCOc1ccc(C)cc1. The molecule has 0 aliphatic rings. The van der Waals surface area contributed by atoms with Crippen LogP contribution in [0.15, 0.2) is 48.5 Å². The Balaban J connectivity index is 2.05. The van der Waals surface area contributed by atoms with Gasteiger partial charge in [0.05, 0.1) is 13.7 Å². The van der Waals surface area contributed by atoms with Crippen molar-refractivity contribution in [2.24, 2.45) is 0 Å². The number of ether oxygens (including phenoxy) is 2. The number of hydrogen-bond donors (Lipinski definition) is 1. The van der Waals surface area contributed by atoms with E-state index in [-0.39, 0.29) is 11.8 Å². The topological polar surface area (TPSA) is 67.9 Å². The van der Waals surface area contributed by atoms with Crippen molar-refractivity contribution in [3.8, 4) is 11.5 Å². The summed E-state index contributed by atoms with van der Waals surface area (Å²) in [5.74, 6) is 1.33. The molecule has 0 aromatic heterocycles. The van der Waals surface area contributed by atoms with Gasteiger partial charge >= 0.3 is 0 Å². The second kappa shape index (κ2) is 12.6. The van der Waals surface area contributed by atoms with Crippen molar-refractivity contribution in [2.45, 2.75) is 52.6 Å². The van der Waals surface area contributed by atoms with Crippen LogP contribution in [0.3, 0.4) is 0 Å². The lowest BCUT2D eigenvalue weighted by Crippen LogP contribution is -2.49. The zero-order chi connectivity index (χ0) is 22.6. The number of nitrogens with one attached hydrogen (secondary N) is 1. The summed E-state index contributed by atoms with van der Waals surface area (Å²) in [4.78, 5) is 27.4. The molecule has 0 saturated heterocycles. The van der Waals surface area contributed by atoms with Gasteiger partial charge in [0.2, 0.25) is 11.8 Å². The molecule has 2 aromatic rings. The van der Waals surface area contributed by atoms with Gasteiger partial charge < -0.3 is 19.7 Å². The summed E-state index contributed by atoms with van der Waals surface area (Å²) in [5, 5.41) is 2.85. The molecule has 0 bridgehead atoms. The summed E-state index contributed by atoms with van der Waals surface area (Å²) in [7, 11) is 1.61. The third kappa shape index (κ3) is 7.63. The van der Waals surface area contributed by atoms with Crippen LogP contribution in [0.1, 0.15) is 44.2 Å². The highest BCUT2D eigenvalue weighted by atomic mass is 16.5. The zero-order valence-electron chi connectivity index (χ0n) is 19.0. The van der Waals surface area contributed by atoms with Crippen molar-refractivity contribution >= 4 is 11.8 Å². The molecule has 2 rings (SSSR count). The van der Waals surface area contributed by atoms with Gasteiger partial charge in [-0.05, 0) is 56.5 Å². The largest absolute Gasteiger partial charge is 0.497 e. The van der Waals surface area contributed by atoms with Gasteiger partial charge in [0, 0.05) is 19.5 Å². The summed E-state index contributed by atoms with van der Waals surface area (Å²) < 4.78 is 11.0. The smallest absolute Gasteiger partial charge is 0.242 e. The Morgan fingerprint density at radius 1 is 1.06 bits per heavy atom. The first-order valence-electron chi connectivity index (χ1n) is 10.9. The number of aryl methyl sites for hydroxylation is 1. The van der Waals surface area contributed by atoms with Crippen molar-refractivity contribution in [2.75, 3.05) is 20.3 Å². The third-order valence-corrected chi connectivity index (χ3v) is 5.05. The Bertz CT molecular complexity index is 836. The number of likely N-dealkylation sites (N-methyl/N-ethyl adjacent to an activating group) is 1. The highest BCUT2D eigenvalue weighted by Gasteiger charge is 2.28. The number of carbonyl (C=O) groups is 2. The molecule has 0 heterocycles. The van der Waals surface area contributed by atoms with E-state index in [0.29, 0.717) is 39.0 Å². The molecule has 2 amide bonds. The van der Waals surface area contributed by atoms with Crippen LogP contribution in [0.25, 0.3) is 0 Å². The van der Waals surface area contributed by atoms with Gasteiger partial charge in [-0.1, -0.05) is 36.8 Å². The van der Waals surface area contributed by atoms with Crippen LogP contribution in [-0.4, -0.2) is 43.0 Å². The number of hydrogen-bond acceptors (Lipinski definition) is 4. The fraction of sp³-hybridized carbons (Fsp3) is 0.440. The molecule has 1 unspecified atom stereocenters. The maximum Gasteiger partial charge on any atom is 0.242 e. The average Bonchev–Trinajstić information content (AvgIpc) is 2.78. The third-order valence-electron chi connectivity index (χ3n) is 5.05. The molecule has 0 aliphatic heterocycles. The van der Waals surface area contributed by atoms with Gasteiger partial charge in [0.1, 0.15) is 17.5 Å². The number of carbonyl (C=O) groups excluding carboxylic acids is 2. The fourth-order valence-electron chi connectivity index (χ4n) is 3.37. The zero-order valence-corrected chi connectivity index (χ0v) is 19.0. The van der Waals surface area contributed by atoms with Crippen molar-refractivity contribution in [3.05, 3.63) is 59.7 Å². The first-order valence-corrected chi connectivity index (χ1v) is 10.9. The van der Waals surface area contributed by atoms with Crippen LogP contribution in [0.4, 0.5) is 0 Å². The van der Waals surface area contributed by atoms with E-state index in [1.54, 1.807) is 12.0 Å². The maximum atomic E-state index is 13.1. The molecule has 2 aromatic carbocycles. The van der Waals surface area contributed by atoms with E-state index in [4.69, 9.17) is 9.47 Å². The van der Waals surface area contributed by atoms with Crippen LogP contribution in [0.2, 0.25) is 0 Å². The lowest BCUT2D eigenvalue weighted by atomic mass is 10.1. The minimum absolute atomic E-state index is 0.0616. The van der Waals surface area contributed by atoms with Crippen LogP contribution < -0.4 is 14.8 Å². The van der Waals surface area contributed by atoms with E-state index in [1.165, 1.54) is 5.56 Å². The Labute approximate surface area is 185 Å². The standard InChI is InChI=1S/C25H34N2O4/c1-5-23(25(29)26-6-2)27(18-20-9-7-10-22(17-20)30-4)24(28)11-8-16-31-21-14-12-19(3)13-15-21/h7,9-10,12-15,17,23H,5-6,8,11,16,18H2,1-4H3,(H,26,29). The molecule has 0 radical (unpaired) electrons. The molecule has 6 nitrogen and oxygen atoms in total. The number of amides is 2. The Morgan fingerprint density at radius 2 is 1.81 bits per heavy atom. The molecule has 0 spiro atoms. The Morgan fingerprint density at radius 3 is 2.45 bits per heavy atom. The molecular formula is C25H34N2O4. The van der Waals surface area contributed by atoms with E-state index in [2.05, 4.69) is 5.32 Å². The van der Waals surface area contributed by atoms with E-state index in [1.807, 2.05) is 69.3 Å². The van der Waals surface area contributed by atoms with Crippen LogP contribution in [-0.2, 0) is 16.1 Å². The van der Waals surface area contributed by atoms with Gasteiger partial charge in [0.25, 0.3) is 0 Å². The predicted molar refractivity (Wildman–Crippen MR) is 122 cm³/mol. The highest BCUT2D eigenvalue weighted by molar-refractivity contribution is 5.87. The molecule has 0 aliphatic carbocycles. The predicted octanol–water partition coefficient (Wildman–Crippen LogP) is 4.11. The first-order chi connectivity index (χ1) is 15.0. The number of nitrogens with zero attached hydrogens (tertiary/aromatic N) is 1. The van der Waals surface area contributed by atoms with Crippen molar-refractivity contribution in [3.63, 3.8) is 0 Å². The number of rotatable bonds is 12. The lowest BCUT2D eigenvalue weighted by Gasteiger charge is -2.30. The van der Waals surface area contributed by atoms with Gasteiger partial charge in [-0.25, -0.2) is 0 Å². The van der Waals surface area contributed by atoms with Crippen LogP contribution in [0, 0.1) is 6.92 Å². The summed E-state index contributed by atoms with van der Waals surface area (Å²) in [6.45, 7) is 7.15. The quantitative estimate of drug-likeness (QED) is 0.519. The normalized spacial score (nSPS) is 11.5. The average molecular weight is 427 g/mol. The second-order valence-electron chi connectivity index (χ2n) is 7.46. The fourth-order valence-corrected chi connectivity index (χ4v) is 3.37. The molecule has 31 heavy (non-hydrogen) atoms. The molecule has 0 saturated carbocycles. The first kappa shape index (κ1) is 24.3. The lowest BCUT2D eigenvalue weighted by molar-refractivity contribution is -0.141. The molecule has 168 valence electrons. The van der Waals surface area contributed by atoms with Crippen molar-refractivity contribution in [1.82, 2.24) is 10.2 Å². The van der Waals surface area contributed by atoms with E-state index >= 15 is 0 Å². The summed E-state index contributed by atoms with van der Waals surface area (Å²) >= 11 is 0. The molecular weight excluding hydrogens is 392 g/mol. The number of methoxy groups -OCH3 is 1. The van der Waals surface area contributed by atoms with Gasteiger partial charge in [0.15, 0.2) is 0 Å². The van der Waals surface area contributed by atoms with E-state index in [9.17, 15) is 9.59 Å². The van der Waals surface area contributed by atoms with Gasteiger partial charge in [-0.3, -0.25) is 9.59 Å². The Kier molecular flexibility index (Phi) is 9.88. The van der Waals surface area contributed by atoms with Gasteiger partial charge in [-0.15, -0.1) is 0 Å². The van der Waals surface area contributed by atoms with Crippen LogP contribution in [0.5, 0.6) is 11.5 Å². The Hall–Kier alpha value is -3.02. The van der Waals surface area contributed by atoms with Gasteiger partial charge in [-0.2, -0.15) is 0 Å². The van der Waals surface area contributed by atoms with Crippen molar-refractivity contribution in [1.29, 1.82) is 0 Å². The monoisotopic (exact) mass is 426 g/mol. The minimum Gasteiger partial charge on any atom is -0.497 e. The number of benzene rings is 2. The van der Waals surface area contributed by atoms with E-state index in [0.717, 1.165) is 17.1 Å². The second-order valence-corrected chi connectivity index (χ2v) is 7.46. The van der Waals surface area contributed by atoms with Crippen LogP contribution >= 0.6 is 0 Å². The maximum absolute atomic E-state index is 13.1. The molecule has 1 N–H and O–H groups in total. The molecule has 0 fully saturated rings.